The van der Waals surface area contributed by atoms with Crippen LogP contribution in [0.3, 0.4) is 0 Å². The van der Waals surface area contributed by atoms with Gasteiger partial charge in [-0.15, -0.1) is 0 Å². The first-order chi connectivity index (χ1) is 15.0. The summed E-state index contributed by atoms with van der Waals surface area (Å²) < 4.78 is 10.6. The van der Waals surface area contributed by atoms with E-state index < -0.39 is 6.10 Å². The van der Waals surface area contributed by atoms with Crippen molar-refractivity contribution in [2.75, 3.05) is 33.4 Å². The molecule has 3 N–H and O–H groups in total. The van der Waals surface area contributed by atoms with Crippen molar-refractivity contribution >= 4 is 17.5 Å². The fourth-order valence-corrected chi connectivity index (χ4v) is 4.01. The zero-order valence-electron chi connectivity index (χ0n) is 17.9. The van der Waals surface area contributed by atoms with Gasteiger partial charge in [-0.25, -0.2) is 0 Å². The Bertz CT molecular complexity index is 861. The lowest BCUT2D eigenvalue weighted by atomic mass is 10.0. The van der Waals surface area contributed by atoms with Crippen LogP contribution in [0, 0.1) is 0 Å². The van der Waals surface area contributed by atoms with Crippen LogP contribution in [0.5, 0.6) is 5.75 Å². The van der Waals surface area contributed by atoms with Crippen molar-refractivity contribution in [2.24, 2.45) is 0 Å². The molecule has 2 aromatic rings. The average Bonchev–Trinajstić information content (AvgIpc) is 2.97. The Kier molecular flexibility index (Phi) is 9.15. The highest BCUT2D eigenvalue weighted by Crippen LogP contribution is 2.26. The van der Waals surface area contributed by atoms with Crippen LogP contribution in [-0.2, 0) is 22.4 Å². The van der Waals surface area contributed by atoms with E-state index in [2.05, 4.69) is 16.7 Å². The molecule has 3 rings (SSSR count). The third kappa shape index (κ3) is 7.51. The van der Waals surface area contributed by atoms with E-state index >= 15 is 0 Å². The maximum absolute atomic E-state index is 11.8. The van der Waals surface area contributed by atoms with Crippen molar-refractivity contribution in [3.63, 3.8) is 0 Å². The summed E-state index contributed by atoms with van der Waals surface area (Å²) >= 11 is 6.03. The van der Waals surface area contributed by atoms with Crippen LogP contribution >= 0.6 is 11.6 Å². The molecule has 0 saturated carbocycles. The van der Waals surface area contributed by atoms with Gasteiger partial charge in [0.2, 0.25) is 0 Å². The predicted octanol–water partition coefficient (Wildman–Crippen LogP) is 3.05. The van der Waals surface area contributed by atoms with Crippen molar-refractivity contribution in [3.8, 4) is 5.75 Å². The van der Waals surface area contributed by atoms with E-state index in [4.69, 9.17) is 21.1 Å². The third-order valence-electron chi connectivity index (χ3n) is 5.47. The number of carbonyl (C=O) groups excluding carboxylic acids is 1. The Morgan fingerprint density at radius 2 is 2.13 bits per heavy atom. The number of halogens is 1. The normalized spacial score (nSPS) is 16.8. The SMILES string of the molecule is COCCNC(=O)COc1ccc2c(c1)CC(NC[C@H](O)c1cccc(Cl)c1)CCC2. The van der Waals surface area contributed by atoms with Crippen molar-refractivity contribution in [1.82, 2.24) is 10.6 Å². The molecule has 0 bridgehead atoms. The zero-order chi connectivity index (χ0) is 22.1. The Morgan fingerprint density at radius 1 is 1.26 bits per heavy atom. The molecular formula is C24H31ClN2O4. The Balaban J connectivity index is 1.54. The summed E-state index contributed by atoms with van der Waals surface area (Å²) in [5.74, 6) is 0.529. The number of amides is 1. The summed E-state index contributed by atoms with van der Waals surface area (Å²) in [6, 6.07) is 13.7. The molecule has 2 aromatic carbocycles. The molecular weight excluding hydrogens is 416 g/mol. The van der Waals surface area contributed by atoms with Crippen LogP contribution in [0.15, 0.2) is 42.5 Å². The Hall–Kier alpha value is -2.12. The minimum atomic E-state index is -0.604. The van der Waals surface area contributed by atoms with E-state index in [1.54, 1.807) is 19.2 Å². The number of aliphatic hydroxyl groups excluding tert-OH is 1. The maximum Gasteiger partial charge on any atom is 0.258 e. The summed E-state index contributed by atoms with van der Waals surface area (Å²) in [5, 5.41) is 17.4. The van der Waals surface area contributed by atoms with Crippen molar-refractivity contribution in [2.45, 2.75) is 37.8 Å². The van der Waals surface area contributed by atoms with Crippen LogP contribution in [0.1, 0.15) is 35.6 Å². The minimum Gasteiger partial charge on any atom is -0.484 e. The molecule has 0 radical (unpaired) electrons. The van der Waals surface area contributed by atoms with E-state index in [0.717, 1.165) is 31.2 Å². The molecule has 0 spiro atoms. The number of methoxy groups -OCH3 is 1. The van der Waals surface area contributed by atoms with Crippen LogP contribution in [0.4, 0.5) is 0 Å². The molecule has 0 aromatic heterocycles. The first-order valence-electron chi connectivity index (χ1n) is 10.7. The van der Waals surface area contributed by atoms with Gasteiger partial charge in [0.15, 0.2) is 6.61 Å². The second-order valence-corrected chi connectivity index (χ2v) is 8.27. The number of aliphatic hydroxyl groups is 1. The molecule has 1 aliphatic rings. The van der Waals surface area contributed by atoms with Gasteiger partial charge in [-0.2, -0.15) is 0 Å². The summed E-state index contributed by atoms with van der Waals surface area (Å²) in [5.41, 5.74) is 3.36. The van der Waals surface area contributed by atoms with E-state index in [1.807, 2.05) is 24.3 Å². The summed E-state index contributed by atoms with van der Waals surface area (Å²) in [6.45, 7) is 1.40. The Labute approximate surface area is 188 Å². The van der Waals surface area contributed by atoms with Crippen LogP contribution < -0.4 is 15.4 Å². The van der Waals surface area contributed by atoms with Gasteiger partial charge in [0, 0.05) is 31.3 Å². The number of aryl methyl sites for hydroxylation is 1. The third-order valence-corrected chi connectivity index (χ3v) is 5.71. The second kappa shape index (κ2) is 12.1. The fraction of sp³-hybridized carbons (Fsp3) is 0.458. The summed E-state index contributed by atoms with van der Waals surface area (Å²) in [7, 11) is 1.60. The number of fused-ring (bicyclic) bond motifs is 1. The lowest BCUT2D eigenvalue weighted by Gasteiger charge is -2.20. The number of ether oxygens (including phenoxy) is 2. The standard InChI is InChI=1S/C24H31ClN2O4/c1-30-11-10-26-24(29)16-31-22-9-8-17-4-3-7-21(13-19(17)14-22)27-15-23(28)18-5-2-6-20(25)12-18/h2,5-6,8-9,12,14,21,23,27-28H,3-4,7,10-11,13,15-16H2,1H3,(H,26,29)/t21?,23-/m0/s1. The van der Waals surface area contributed by atoms with Gasteiger partial charge in [0.25, 0.3) is 5.91 Å². The fourth-order valence-electron chi connectivity index (χ4n) is 3.81. The number of hydrogen-bond acceptors (Lipinski definition) is 5. The molecule has 1 amide bonds. The zero-order valence-corrected chi connectivity index (χ0v) is 18.7. The van der Waals surface area contributed by atoms with Crippen molar-refractivity contribution < 1.29 is 19.4 Å². The quantitative estimate of drug-likeness (QED) is 0.386. The largest absolute Gasteiger partial charge is 0.484 e. The molecule has 1 unspecified atom stereocenters. The van der Waals surface area contributed by atoms with Gasteiger partial charge in [-0.05, 0) is 66.6 Å². The highest BCUT2D eigenvalue weighted by atomic mass is 35.5. The first kappa shape index (κ1) is 23.5. The molecule has 0 fully saturated rings. The van der Waals surface area contributed by atoms with Gasteiger partial charge in [0.1, 0.15) is 5.75 Å². The molecule has 0 heterocycles. The first-order valence-corrected chi connectivity index (χ1v) is 11.1. The topological polar surface area (TPSA) is 79.8 Å². The van der Waals surface area contributed by atoms with Gasteiger partial charge in [-0.1, -0.05) is 29.8 Å². The minimum absolute atomic E-state index is 0.0179. The monoisotopic (exact) mass is 446 g/mol. The summed E-state index contributed by atoms with van der Waals surface area (Å²) in [4.78, 5) is 11.8. The van der Waals surface area contributed by atoms with Gasteiger partial charge < -0.3 is 25.2 Å². The number of benzene rings is 2. The molecule has 7 heteroatoms. The smallest absolute Gasteiger partial charge is 0.258 e. The molecule has 0 aliphatic heterocycles. The molecule has 0 saturated heterocycles. The molecule has 1 aliphatic carbocycles. The number of carbonyl (C=O) groups is 1. The van der Waals surface area contributed by atoms with E-state index in [9.17, 15) is 9.90 Å². The molecule has 31 heavy (non-hydrogen) atoms. The Morgan fingerprint density at radius 3 is 2.94 bits per heavy atom. The highest BCUT2D eigenvalue weighted by Gasteiger charge is 2.19. The van der Waals surface area contributed by atoms with Gasteiger partial charge >= 0.3 is 0 Å². The van der Waals surface area contributed by atoms with Crippen LogP contribution in [0.2, 0.25) is 5.02 Å². The number of hydrogen-bond donors (Lipinski definition) is 3. The molecule has 6 nitrogen and oxygen atoms in total. The van der Waals surface area contributed by atoms with E-state index in [-0.39, 0.29) is 18.6 Å². The highest BCUT2D eigenvalue weighted by molar-refractivity contribution is 6.30. The van der Waals surface area contributed by atoms with Gasteiger partial charge in [0.05, 0.1) is 12.7 Å². The number of nitrogens with one attached hydrogen (secondary N) is 2. The predicted molar refractivity (Wildman–Crippen MR) is 122 cm³/mol. The lowest BCUT2D eigenvalue weighted by molar-refractivity contribution is -0.123. The van der Waals surface area contributed by atoms with Crippen molar-refractivity contribution in [3.05, 3.63) is 64.2 Å². The van der Waals surface area contributed by atoms with Crippen molar-refractivity contribution in [1.29, 1.82) is 0 Å². The van der Waals surface area contributed by atoms with E-state index in [0.29, 0.717) is 30.5 Å². The lowest BCUT2D eigenvalue weighted by Crippen LogP contribution is -2.34. The average molecular weight is 447 g/mol. The van der Waals surface area contributed by atoms with Crippen LogP contribution in [-0.4, -0.2) is 50.5 Å². The maximum atomic E-state index is 11.8. The number of rotatable bonds is 10. The summed E-state index contributed by atoms with van der Waals surface area (Å²) in [6.07, 6.45) is 3.39. The second-order valence-electron chi connectivity index (χ2n) is 7.83. The van der Waals surface area contributed by atoms with E-state index in [1.165, 1.54) is 11.1 Å². The van der Waals surface area contributed by atoms with Gasteiger partial charge in [-0.3, -0.25) is 4.79 Å². The molecule has 168 valence electrons. The van der Waals surface area contributed by atoms with Crippen LogP contribution in [0.25, 0.3) is 0 Å². The molecule has 2 atom stereocenters.